The molecule has 32 heavy (non-hydrogen) atoms. The summed E-state index contributed by atoms with van der Waals surface area (Å²) < 4.78 is 39.3. The van der Waals surface area contributed by atoms with Crippen molar-refractivity contribution >= 4 is 21.6 Å². The van der Waals surface area contributed by atoms with Crippen LogP contribution in [0.25, 0.3) is 0 Å². The lowest BCUT2D eigenvalue weighted by Crippen LogP contribution is -2.37. The summed E-state index contributed by atoms with van der Waals surface area (Å²) in [5.41, 5.74) is 0.865. The van der Waals surface area contributed by atoms with E-state index in [1.807, 2.05) is 0 Å². The zero-order chi connectivity index (χ0) is 22.4. The Morgan fingerprint density at radius 1 is 0.906 bits per heavy atom. The van der Waals surface area contributed by atoms with E-state index < -0.39 is 10.0 Å². The van der Waals surface area contributed by atoms with Gasteiger partial charge in [0, 0.05) is 36.8 Å². The van der Waals surface area contributed by atoms with Crippen molar-refractivity contribution in [2.24, 2.45) is 0 Å². The zero-order valence-electron chi connectivity index (χ0n) is 18.0. The Bertz CT molecular complexity index is 1030. The highest BCUT2D eigenvalue weighted by Crippen LogP contribution is 2.32. The molecule has 2 aliphatic heterocycles. The molecule has 1 fully saturated rings. The van der Waals surface area contributed by atoms with E-state index in [1.165, 1.54) is 31.4 Å². The molecule has 1 saturated heterocycles. The third kappa shape index (κ3) is 5.72. The molecule has 2 N–H and O–H groups in total. The molecule has 0 radical (unpaired) electrons. The van der Waals surface area contributed by atoms with Crippen LogP contribution in [-0.4, -0.2) is 58.6 Å². The molecule has 9 heteroatoms. The van der Waals surface area contributed by atoms with E-state index in [2.05, 4.69) is 14.9 Å². The van der Waals surface area contributed by atoms with E-state index in [9.17, 15) is 13.2 Å². The summed E-state index contributed by atoms with van der Waals surface area (Å²) in [5.74, 6) is 0.790. The maximum atomic E-state index is 12.8. The molecule has 0 saturated carbocycles. The van der Waals surface area contributed by atoms with Gasteiger partial charge in [-0.05, 0) is 62.3 Å². The Balaban J connectivity index is 1.34. The van der Waals surface area contributed by atoms with Gasteiger partial charge in [0.15, 0.2) is 11.5 Å². The van der Waals surface area contributed by atoms with Gasteiger partial charge in [0.25, 0.3) is 15.9 Å². The van der Waals surface area contributed by atoms with Gasteiger partial charge >= 0.3 is 0 Å². The summed E-state index contributed by atoms with van der Waals surface area (Å²) in [7, 11) is -3.81. The van der Waals surface area contributed by atoms with Gasteiger partial charge in [-0.1, -0.05) is 6.42 Å². The number of carbonyl (C=O) groups is 1. The van der Waals surface area contributed by atoms with E-state index >= 15 is 0 Å². The second-order valence-electron chi connectivity index (χ2n) is 8.00. The van der Waals surface area contributed by atoms with Gasteiger partial charge in [-0.25, -0.2) is 8.42 Å². The van der Waals surface area contributed by atoms with Crippen molar-refractivity contribution in [2.75, 3.05) is 44.1 Å². The number of piperidine rings is 1. The highest BCUT2D eigenvalue weighted by Gasteiger charge is 2.19. The number of hydrogen-bond donors (Lipinski definition) is 2. The second kappa shape index (κ2) is 10.2. The number of rotatable bonds is 7. The van der Waals surface area contributed by atoms with Crippen molar-refractivity contribution in [3.63, 3.8) is 0 Å². The average Bonchev–Trinajstić information content (AvgIpc) is 3.05. The van der Waals surface area contributed by atoms with Gasteiger partial charge in [0.2, 0.25) is 0 Å². The maximum Gasteiger partial charge on any atom is 0.262 e. The van der Waals surface area contributed by atoms with Crippen LogP contribution in [0.1, 0.15) is 36.0 Å². The Kier molecular flexibility index (Phi) is 7.16. The summed E-state index contributed by atoms with van der Waals surface area (Å²) in [6.45, 7) is 4.64. The topological polar surface area (TPSA) is 97.0 Å². The molecular weight excluding hydrogens is 430 g/mol. The number of likely N-dealkylation sites (tertiary alicyclic amines) is 1. The van der Waals surface area contributed by atoms with Crippen LogP contribution >= 0.6 is 0 Å². The van der Waals surface area contributed by atoms with E-state index in [0.29, 0.717) is 42.5 Å². The molecule has 8 nitrogen and oxygen atoms in total. The minimum atomic E-state index is -3.81. The van der Waals surface area contributed by atoms with E-state index in [-0.39, 0.29) is 10.8 Å². The lowest BCUT2D eigenvalue weighted by atomic mass is 10.1. The Morgan fingerprint density at radius 3 is 2.38 bits per heavy atom. The number of fused-ring (bicyclic) bond motifs is 1. The fourth-order valence-electron chi connectivity index (χ4n) is 3.83. The molecule has 2 heterocycles. The van der Waals surface area contributed by atoms with Crippen LogP contribution in [0.5, 0.6) is 11.5 Å². The molecule has 0 bridgehead atoms. The van der Waals surface area contributed by atoms with Gasteiger partial charge < -0.3 is 19.7 Å². The van der Waals surface area contributed by atoms with Crippen molar-refractivity contribution in [1.29, 1.82) is 0 Å². The average molecular weight is 460 g/mol. The normalized spacial score (nSPS) is 16.8. The largest absolute Gasteiger partial charge is 0.490 e. The summed E-state index contributed by atoms with van der Waals surface area (Å²) in [6, 6.07) is 10.9. The first-order valence-corrected chi connectivity index (χ1v) is 12.5. The Morgan fingerprint density at radius 2 is 1.62 bits per heavy atom. The molecule has 0 spiro atoms. The molecule has 2 aliphatic rings. The standard InChI is InChI=1S/C23H29N3O5S/c27-23(24-11-14-26-12-2-1-3-13-26)18-5-7-19(8-6-18)25-32(28,29)20-9-10-21-22(17-20)31-16-4-15-30-21/h5-10,17,25H,1-4,11-16H2,(H,24,27). The van der Waals surface area contributed by atoms with Gasteiger partial charge in [-0.3, -0.25) is 9.52 Å². The van der Waals surface area contributed by atoms with Gasteiger partial charge in [0.1, 0.15) is 0 Å². The molecule has 172 valence electrons. The molecule has 0 aliphatic carbocycles. The van der Waals surface area contributed by atoms with Crippen LogP contribution in [0.2, 0.25) is 0 Å². The van der Waals surface area contributed by atoms with Gasteiger partial charge in [-0.15, -0.1) is 0 Å². The molecule has 4 rings (SSSR count). The van der Waals surface area contributed by atoms with Crippen molar-refractivity contribution in [2.45, 2.75) is 30.6 Å². The molecular formula is C23H29N3O5S. The minimum Gasteiger partial charge on any atom is -0.490 e. The number of sulfonamides is 1. The third-order valence-corrected chi connectivity index (χ3v) is 6.97. The molecule has 0 unspecified atom stereocenters. The summed E-state index contributed by atoms with van der Waals surface area (Å²) >= 11 is 0. The van der Waals surface area contributed by atoms with E-state index in [0.717, 1.165) is 26.1 Å². The van der Waals surface area contributed by atoms with Crippen molar-refractivity contribution in [3.05, 3.63) is 48.0 Å². The van der Waals surface area contributed by atoms with E-state index in [1.54, 1.807) is 30.3 Å². The SMILES string of the molecule is O=C(NCCN1CCCCC1)c1ccc(NS(=O)(=O)c2ccc3c(c2)OCCCO3)cc1. The number of amides is 1. The van der Waals surface area contributed by atoms with Crippen LogP contribution in [-0.2, 0) is 10.0 Å². The molecule has 2 aromatic rings. The highest BCUT2D eigenvalue weighted by molar-refractivity contribution is 7.92. The fourth-order valence-corrected chi connectivity index (χ4v) is 4.90. The van der Waals surface area contributed by atoms with Crippen LogP contribution in [0.15, 0.2) is 47.4 Å². The Hall–Kier alpha value is -2.78. The monoisotopic (exact) mass is 459 g/mol. The number of benzene rings is 2. The van der Waals surface area contributed by atoms with Crippen LogP contribution in [0, 0.1) is 0 Å². The highest BCUT2D eigenvalue weighted by atomic mass is 32.2. The van der Waals surface area contributed by atoms with Crippen molar-refractivity contribution in [1.82, 2.24) is 10.2 Å². The van der Waals surface area contributed by atoms with Crippen molar-refractivity contribution < 1.29 is 22.7 Å². The number of ether oxygens (including phenoxy) is 2. The lowest BCUT2D eigenvalue weighted by Gasteiger charge is -2.26. The van der Waals surface area contributed by atoms with Gasteiger partial charge in [0.05, 0.1) is 18.1 Å². The molecule has 0 atom stereocenters. The zero-order valence-corrected chi connectivity index (χ0v) is 18.8. The first-order valence-electron chi connectivity index (χ1n) is 11.0. The summed E-state index contributed by atoms with van der Waals surface area (Å²) in [5, 5.41) is 2.93. The smallest absolute Gasteiger partial charge is 0.262 e. The van der Waals surface area contributed by atoms with Gasteiger partial charge in [-0.2, -0.15) is 0 Å². The summed E-state index contributed by atoms with van der Waals surface area (Å²) in [6.07, 6.45) is 4.47. The number of carbonyl (C=O) groups excluding carboxylic acids is 1. The fraction of sp³-hybridized carbons (Fsp3) is 0.435. The third-order valence-electron chi connectivity index (χ3n) is 5.59. The second-order valence-corrected chi connectivity index (χ2v) is 9.68. The first-order chi connectivity index (χ1) is 15.5. The summed E-state index contributed by atoms with van der Waals surface area (Å²) in [4.78, 5) is 14.8. The molecule has 1 amide bonds. The lowest BCUT2D eigenvalue weighted by molar-refractivity contribution is 0.0946. The van der Waals surface area contributed by atoms with Crippen molar-refractivity contribution in [3.8, 4) is 11.5 Å². The number of nitrogens with zero attached hydrogens (tertiary/aromatic N) is 1. The number of hydrogen-bond acceptors (Lipinski definition) is 6. The van der Waals surface area contributed by atoms with Crippen LogP contribution in [0.3, 0.4) is 0 Å². The predicted molar refractivity (Wildman–Crippen MR) is 122 cm³/mol. The molecule has 2 aromatic carbocycles. The number of nitrogens with one attached hydrogen (secondary N) is 2. The first kappa shape index (κ1) is 22.4. The Labute approximate surface area is 189 Å². The molecule has 0 aromatic heterocycles. The predicted octanol–water partition coefficient (Wildman–Crippen LogP) is 2.86. The maximum absolute atomic E-state index is 12.8. The number of anilines is 1. The minimum absolute atomic E-state index is 0.0845. The van der Waals surface area contributed by atoms with Crippen LogP contribution < -0.4 is 19.5 Å². The quantitative estimate of drug-likeness (QED) is 0.661. The van der Waals surface area contributed by atoms with E-state index in [4.69, 9.17) is 9.47 Å². The van der Waals surface area contributed by atoms with Crippen LogP contribution in [0.4, 0.5) is 5.69 Å².